The number of hydrogen-bond acceptors (Lipinski definition) is 5. The Kier molecular flexibility index (Phi) is 5.72. The predicted molar refractivity (Wildman–Crippen MR) is 125 cm³/mol. The molecule has 176 valence electrons. The van der Waals surface area contributed by atoms with Gasteiger partial charge in [-0.1, -0.05) is 30.3 Å². The average Bonchev–Trinajstić information content (AvgIpc) is 3.45. The molecule has 8 heteroatoms. The fraction of sp³-hybridized carbons (Fsp3) is 0.600. The first kappa shape index (κ1) is 22.1. The molecule has 1 aromatic carbocycles. The van der Waals surface area contributed by atoms with Gasteiger partial charge in [0.05, 0.1) is 12.6 Å². The van der Waals surface area contributed by atoms with E-state index in [0.29, 0.717) is 25.0 Å². The zero-order chi connectivity index (χ0) is 23.2. The van der Waals surface area contributed by atoms with Crippen LogP contribution in [0.25, 0.3) is 0 Å². The van der Waals surface area contributed by atoms with Gasteiger partial charge in [0.15, 0.2) is 0 Å². The van der Waals surface area contributed by atoms with Crippen LogP contribution in [-0.2, 0) is 23.2 Å². The molecule has 3 aliphatic rings. The van der Waals surface area contributed by atoms with Crippen molar-refractivity contribution in [2.24, 2.45) is 0 Å². The molecule has 2 atom stereocenters. The molecular formula is C25H34N6O2. The second-order valence-electron chi connectivity index (χ2n) is 10.2. The molecule has 2 fully saturated rings. The summed E-state index contributed by atoms with van der Waals surface area (Å²) in [7, 11) is 1.99. The zero-order valence-electron chi connectivity index (χ0n) is 19.8. The molecule has 0 bridgehead atoms. The largest absolute Gasteiger partial charge is 0.347 e. The minimum atomic E-state index is -0.155. The molecule has 1 aromatic heterocycles. The number of nitrogens with one attached hydrogen (secondary N) is 1. The summed E-state index contributed by atoms with van der Waals surface area (Å²) in [5, 5.41) is 11.7. The van der Waals surface area contributed by atoms with Crippen molar-refractivity contribution in [1.29, 1.82) is 0 Å². The van der Waals surface area contributed by atoms with Crippen LogP contribution in [0.15, 0.2) is 30.3 Å². The van der Waals surface area contributed by atoms with Crippen LogP contribution >= 0.6 is 0 Å². The lowest BCUT2D eigenvalue weighted by molar-refractivity contribution is -0.134. The Labute approximate surface area is 195 Å². The van der Waals surface area contributed by atoms with Gasteiger partial charge in [-0.25, -0.2) is 0 Å². The Bertz CT molecular complexity index is 1030. The minimum absolute atomic E-state index is 0.0438. The summed E-state index contributed by atoms with van der Waals surface area (Å²) < 4.78 is 1.98. The third-order valence-electron chi connectivity index (χ3n) is 7.84. The van der Waals surface area contributed by atoms with Crippen molar-refractivity contribution in [2.45, 2.75) is 76.0 Å². The summed E-state index contributed by atoms with van der Waals surface area (Å²) in [6.07, 6.45) is 4.59. The van der Waals surface area contributed by atoms with Gasteiger partial charge >= 0.3 is 0 Å². The van der Waals surface area contributed by atoms with Crippen LogP contribution in [0.2, 0.25) is 0 Å². The smallest absolute Gasteiger partial charge is 0.289 e. The van der Waals surface area contributed by atoms with Crippen molar-refractivity contribution >= 4 is 11.8 Å². The SMILES string of the molecule is CC(C)N(C)CC(=O)N1CC[C@]2(c3ccccc3)CCc3nnc(C(=O)NC4CC4)n3C[C@H]12. The Balaban J connectivity index is 1.50. The summed E-state index contributed by atoms with van der Waals surface area (Å²) in [6, 6.07) is 11.1. The third-order valence-corrected chi connectivity index (χ3v) is 7.84. The summed E-state index contributed by atoms with van der Waals surface area (Å²) in [4.78, 5) is 30.5. The fourth-order valence-electron chi connectivity index (χ4n) is 5.41. The van der Waals surface area contributed by atoms with Crippen LogP contribution in [-0.4, -0.2) is 74.6 Å². The fourth-order valence-corrected chi connectivity index (χ4v) is 5.41. The van der Waals surface area contributed by atoms with Crippen LogP contribution < -0.4 is 5.32 Å². The lowest BCUT2D eigenvalue weighted by Gasteiger charge is -2.38. The van der Waals surface area contributed by atoms with Crippen LogP contribution in [0.5, 0.6) is 0 Å². The molecule has 0 unspecified atom stereocenters. The topological polar surface area (TPSA) is 83.4 Å². The molecule has 2 aliphatic heterocycles. The Hall–Kier alpha value is -2.74. The molecule has 1 aliphatic carbocycles. The van der Waals surface area contributed by atoms with Gasteiger partial charge in [-0.05, 0) is 52.1 Å². The summed E-state index contributed by atoms with van der Waals surface area (Å²) >= 11 is 0. The van der Waals surface area contributed by atoms with Crippen molar-refractivity contribution in [3.05, 3.63) is 47.5 Å². The van der Waals surface area contributed by atoms with Gasteiger partial charge in [-0.2, -0.15) is 0 Å². The van der Waals surface area contributed by atoms with E-state index in [1.165, 1.54) is 5.56 Å². The van der Waals surface area contributed by atoms with E-state index in [2.05, 4.69) is 63.4 Å². The second kappa shape index (κ2) is 8.56. The number of nitrogens with zero attached hydrogens (tertiary/aromatic N) is 5. The van der Waals surface area contributed by atoms with E-state index in [1.807, 2.05) is 17.7 Å². The van der Waals surface area contributed by atoms with Gasteiger partial charge < -0.3 is 14.8 Å². The monoisotopic (exact) mass is 450 g/mol. The first-order valence-electron chi connectivity index (χ1n) is 12.2. The van der Waals surface area contributed by atoms with Gasteiger partial charge in [-0.3, -0.25) is 14.5 Å². The molecule has 1 saturated carbocycles. The zero-order valence-corrected chi connectivity index (χ0v) is 19.8. The molecule has 5 rings (SSSR count). The van der Waals surface area contributed by atoms with E-state index in [9.17, 15) is 9.59 Å². The van der Waals surface area contributed by atoms with E-state index in [-0.39, 0.29) is 29.3 Å². The molecule has 2 amide bonds. The van der Waals surface area contributed by atoms with Crippen molar-refractivity contribution in [3.8, 4) is 0 Å². The van der Waals surface area contributed by atoms with Crippen LogP contribution in [0, 0.1) is 0 Å². The first-order valence-corrected chi connectivity index (χ1v) is 12.2. The number of aryl methyl sites for hydroxylation is 1. The standard InChI is InChI=1S/C25H34N6O2/c1-17(2)29(3)16-22(32)30-14-13-25(18-7-5-4-6-8-18)12-11-21-27-28-23(31(21)15-20(25)30)24(33)26-19-9-10-19/h4-8,17,19-20H,9-16H2,1-3H3,(H,26,33)/t20-,25-/m0/s1. The molecule has 0 radical (unpaired) electrons. The van der Waals surface area contributed by atoms with Crippen molar-refractivity contribution in [3.63, 3.8) is 0 Å². The highest BCUT2D eigenvalue weighted by atomic mass is 16.2. The number of fused-ring (bicyclic) bond motifs is 2. The van der Waals surface area contributed by atoms with E-state index in [1.54, 1.807) is 0 Å². The van der Waals surface area contributed by atoms with Gasteiger partial charge in [0.2, 0.25) is 11.7 Å². The Morgan fingerprint density at radius 2 is 1.94 bits per heavy atom. The van der Waals surface area contributed by atoms with E-state index >= 15 is 0 Å². The summed E-state index contributed by atoms with van der Waals surface area (Å²) in [6.45, 7) is 5.87. The van der Waals surface area contributed by atoms with Crippen LogP contribution in [0.4, 0.5) is 0 Å². The molecule has 0 spiro atoms. The van der Waals surface area contributed by atoms with Gasteiger partial charge in [0.1, 0.15) is 5.82 Å². The molecular weight excluding hydrogens is 416 g/mol. The van der Waals surface area contributed by atoms with Crippen molar-refractivity contribution < 1.29 is 9.59 Å². The van der Waals surface area contributed by atoms with Crippen molar-refractivity contribution in [2.75, 3.05) is 20.1 Å². The molecule has 3 heterocycles. The summed E-state index contributed by atoms with van der Waals surface area (Å²) in [5.41, 5.74) is 1.11. The maximum atomic E-state index is 13.5. The molecule has 1 saturated heterocycles. The van der Waals surface area contributed by atoms with E-state index in [4.69, 9.17) is 0 Å². The predicted octanol–water partition coefficient (Wildman–Crippen LogP) is 2.00. The minimum Gasteiger partial charge on any atom is -0.347 e. The molecule has 33 heavy (non-hydrogen) atoms. The van der Waals surface area contributed by atoms with Gasteiger partial charge in [-0.15, -0.1) is 10.2 Å². The Morgan fingerprint density at radius 3 is 2.64 bits per heavy atom. The number of likely N-dealkylation sites (N-methyl/N-ethyl adjacent to an activating group) is 1. The number of hydrogen-bond donors (Lipinski definition) is 1. The number of rotatable bonds is 6. The number of carbonyl (C=O) groups is 2. The van der Waals surface area contributed by atoms with Crippen molar-refractivity contribution in [1.82, 2.24) is 29.9 Å². The normalized spacial score (nSPS) is 24.5. The lowest BCUT2D eigenvalue weighted by atomic mass is 9.71. The highest BCUT2D eigenvalue weighted by Gasteiger charge is 2.51. The lowest BCUT2D eigenvalue weighted by Crippen LogP contribution is -2.50. The second-order valence-corrected chi connectivity index (χ2v) is 10.2. The molecule has 8 nitrogen and oxygen atoms in total. The maximum Gasteiger partial charge on any atom is 0.289 e. The maximum absolute atomic E-state index is 13.5. The Morgan fingerprint density at radius 1 is 1.18 bits per heavy atom. The van der Waals surface area contributed by atoms with Crippen LogP contribution in [0.1, 0.15) is 61.5 Å². The van der Waals surface area contributed by atoms with Gasteiger partial charge in [0.25, 0.3) is 5.91 Å². The third kappa shape index (κ3) is 4.05. The van der Waals surface area contributed by atoms with E-state index in [0.717, 1.165) is 44.5 Å². The summed E-state index contributed by atoms with van der Waals surface area (Å²) in [5.74, 6) is 1.21. The highest BCUT2D eigenvalue weighted by Crippen LogP contribution is 2.46. The highest BCUT2D eigenvalue weighted by molar-refractivity contribution is 5.91. The molecule has 1 N–H and O–H groups in total. The molecule has 2 aromatic rings. The number of benzene rings is 1. The average molecular weight is 451 g/mol. The number of amides is 2. The van der Waals surface area contributed by atoms with Gasteiger partial charge in [0, 0.05) is 37.0 Å². The number of aromatic nitrogens is 3. The first-order chi connectivity index (χ1) is 15.9. The number of carbonyl (C=O) groups excluding carboxylic acids is 2. The quantitative estimate of drug-likeness (QED) is 0.728. The number of likely N-dealkylation sites (tertiary alicyclic amines) is 1. The van der Waals surface area contributed by atoms with Crippen LogP contribution in [0.3, 0.4) is 0 Å². The van der Waals surface area contributed by atoms with E-state index < -0.39 is 0 Å².